The van der Waals surface area contributed by atoms with E-state index >= 15 is 0 Å². The van der Waals surface area contributed by atoms with E-state index < -0.39 is 0 Å². The molecule has 0 unspecified atom stereocenters. The van der Waals surface area contributed by atoms with Crippen LogP contribution in [0.15, 0.2) is 29.3 Å². The van der Waals surface area contributed by atoms with Crippen LogP contribution in [0.2, 0.25) is 0 Å². The number of carbonyl (C=O) groups excluding carboxylic acids is 1. The largest absolute Gasteiger partial charge is 0.382 e. The second kappa shape index (κ2) is 13.1. The number of rotatable bonds is 12. The number of anilines is 1. The fraction of sp³-hybridized carbons (Fsp3) is 0.619. The van der Waals surface area contributed by atoms with Crippen LogP contribution in [0.5, 0.6) is 0 Å². The molecule has 0 aromatic heterocycles. The van der Waals surface area contributed by atoms with Gasteiger partial charge in [-0.2, -0.15) is 0 Å². The topological polar surface area (TPSA) is 75.2 Å². The smallest absolute Gasteiger partial charge is 0.227 e. The lowest BCUT2D eigenvalue weighted by molar-refractivity contribution is -0.118. The molecule has 1 aliphatic heterocycles. The van der Waals surface area contributed by atoms with Gasteiger partial charge in [-0.15, -0.1) is 0 Å². The fourth-order valence-electron chi connectivity index (χ4n) is 3.12. The molecule has 2 N–H and O–H groups in total. The van der Waals surface area contributed by atoms with Crippen molar-refractivity contribution < 1.29 is 14.3 Å². The number of benzene rings is 1. The zero-order valence-corrected chi connectivity index (χ0v) is 17.2. The summed E-state index contributed by atoms with van der Waals surface area (Å²) in [6, 6.07) is 8.16. The third-order valence-corrected chi connectivity index (χ3v) is 4.54. The van der Waals surface area contributed by atoms with Crippen LogP contribution < -0.4 is 15.5 Å². The van der Waals surface area contributed by atoms with Crippen LogP contribution >= 0.6 is 0 Å². The van der Waals surface area contributed by atoms with Crippen LogP contribution in [0.3, 0.4) is 0 Å². The number of hydrogen-bond acceptors (Lipinski definition) is 4. The van der Waals surface area contributed by atoms with Crippen LogP contribution in [0.25, 0.3) is 0 Å². The zero-order valence-electron chi connectivity index (χ0n) is 17.2. The van der Waals surface area contributed by atoms with Crippen LogP contribution in [0.4, 0.5) is 5.69 Å². The van der Waals surface area contributed by atoms with Gasteiger partial charge in [-0.3, -0.25) is 9.79 Å². The van der Waals surface area contributed by atoms with Crippen molar-refractivity contribution in [2.75, 3.05) is 58.0 Å². The molecule has 28 heavy (non-hydrogen) atoms. The van der Waals surface area contributed by atoms with E-state index in [4.69, 9.17) is 9.47 Å². The maximum absolute atomic E-state index is 12.5. The minimum absolute atomic E-state index is 0.186. The van der Waals surface area contributed by atoms with E-state index in [0.717, 1.165) is 50.5 Å². The van der Waals surface area contributed by atoms with Gasteiger partial charge >= 0.3 is 0 Å². The minimum Gasteiger partial charge on any atom is -0.382 e. The molecular formula is C21H34N4O3. The number of methoxy groups -OCH3 is 1. The maximum Gasteiger partial charge on any atom is 0.227 e. The van der Waals surface area contributed by atoms with E-state index in [-0.39, 0.29) is 5.91 Å². The number of hydrogen-bond donors (Lipinski definition) is 2. The Bertz CT molecular complexity index is 621. The molecule has 0 saturated heterocycles. The van der Waals surface area contributed by atoms with E-state index in [0.29, 0.717) is 32.8 Å². The van der Waals surface area contributed by atoms with Crippen molar-refractivity contribution in [1.82, 2.24) is 10.6 Å². The SMILES string of the molecule is CCNC(=NCCCC(=O)N1CCc2ccccc21)NCCCOCCOC. The minimum atomic E-state index is 0.186. The Hall–Kier alpha value is -2.12. The third-order valence-electron chi connectivity index (χ3n) is 4.54. The summed E-state index contributed by atoms with van der Waals surface area (Å²) in [4.78, 5) is 19.0. The number of fused-ring (bicyclic) bond motifs is 1. The van der Waals surface area contributed by atoms with E-state index in [2.05, 4.69) is 21.7 Å². The fourth-order valence-corrected chi connectivity index (χ4v) is 3.12. The first kappa shape index (κ1) is 22.2. The Morgan fingerprint density at radius 2 is 2.04 bits per heavy atom. The Morgan fingerprint density at radius 1 is 1.18 bits per heavy atom. The van der Waals surface area contributed by atoms with Crippen molar-refractivity contribution in [3.05, 3.63) is 29.8 Å². The van der Waals surface area contributed by atoms with Crippen LogP contribution in [-0.2, 0) is 20.7 Å². The molecule has 0 atom stereocenters. The standard InChI is InChI=1S/C21H34N4O3/c1-3-22-21(24-13-7-15-28-17-16-27-2)23-12-6-10-20(26)25-14-11-18-8-4-5-9-19(18)25/h4-5,8-9H,3,6-7,10-17H2,1-2H3,(H2,22,23,24). The highest BCUT2D eigenvalue weighted by Gasteiger charge is 2.23. The van der Waals surface area contributed by atoms with Crippen molar-refractivity contribution in [1.29, 1.82) is 0 Å². The lowest BCUT2D eigenvalue weighted by Gasteiger charge is -2.17. The van der Waals surface area contributed by atoms with Gasteiger partial charge < -0.3 is 25.0 Å². The van der Waals surface area contributed by atoms with Crippen LogP contribution in [0, 0.1) is 0 Å². The van der Waals surface area contributed by atoms with E-state index in [9.17, 15) is 4.79 Å². The predicted molar refractivity (Wildman–Crippen MR) is 113 cm³/mol. The Morgan fingerprint density at radius 3 is 2.86 bits per heavy atom. The Labute approximate surface area is 168 Å². The molecule has 1 aliphatic rings. The molecule has 1 heterocycles. The van der Waals surface area contributed by atoms with Gasteiger partial charge in [0.1, 0.15) is 0 Å². The summed E-state index contributed by atoms with van der Waals surface area (Å²) < 4.78 is 10.4. The summed E-state index contributed by atoms with van der Waals surface area (Å²) in [6.07, 6.45) is 3.11. The molecule has 0 saturated carbocycles. The van der Waals surface area contributed by atoms with Crippen molar-refractivity contribution in [2.24, 2.45) is 4.99 Å². The molecule has 156 valence electrons. The molecule has 1 aromatic rings. The summed E-state index contributed by atoms with van der Waals surface area (Å²) in [7, 11) is 1.67. The average Bonchev–Trinajstić information content (AvgIpc) is 3.14. The van der Waals surface area contributed by atoms with Crippen LogP contribution in [0.1, 0.15) is 31.7 Å². The highest BCUT2D eigenvalue weighted by atomic mass is 16.5. The van der Waals surface area contributed by atoms with Crippen molar-refractivity contribution in [3.63, 3.8) is 0 Å². The monoisotopic (exact) mass is 390 g/mol. The maximum atomic E-state index is 12.5. The summed E-state index contributed by atoms with van der Waals surface area (Å²) in [5.41, 5.74) is 2.33. The number of carbonyl (C=O) groups is 1. The molecule has 7 heteroatoms. The predicted octanol–water partition coefficient (Wildman–Crippen LogP) is 1.96. The second-order valence-electron chi connectivity index (χ2n) is 6.67. The molecular weight excluding hydrogens is 356 g/mol. The number of ether oxygens (including phenoxy) is 2. The number of guanidine groups is 1. The Balaban J connectivity index is 1.65. The summed E-state index contributed by atoms with van der Waals surface area (Å²) in [5.74, 6) is 0.977. The number of aliphatic imine (C=N–C) groups is 1. The lowest BCUT2D eigenvalue weighted by Crippen LogP contribution is -2.38. The van der Waals surface area contributed by atoms with Crippen molar-refractivity contribution in [3.8, 4) is 0 Å². The van der Waals surface area contributed by atoms with Gasteiger partial charge in [0.25, 0.3) is 0 Å². The molecule has 0 spiro atoms. The molecule has 1 aromatic carbocycles. The van der Waals surface area contributed by atoms with Gasteiger partial charge in [0, 0.05) is 52.0 Å². The number of amides is 1. The first-order chi connectivity index (χ1) is 13.8. The summed E-state index contributed by atoms with van der Waals surface area (Å²) >= 11 is 0. The molecule has 7 nitrogen and oxygen atoms in total. The normalized spacial score (nSPS) is 13.5. The van der Waals surface area contributed by atoms with E-state index in [1.165, 1.54) is 5.56 Å². The number of para-hydroxylation sites is 1. The molecule has 0 bridgehead atoms. The molecule has 1 amide bonds. The quantitative estimate of drug-likeness (QED) is 0.324. The molecule has 0 radical (unpaired) electrons. The van der Waals surface area contributed by atoms with Gasteiger partial charge in [-0.25, -0.2) is 0 Å². The van der Waals surface area contributed by atoms with E-state index in [1.807, 2.05) is 30.0 Å². The highest BCUT2D eigenvalue weighted by Crippen LogP contribution is 2.27. The first-order valence-electron chi connectivity index (χ1n) is 10.2. The Kier molecular flexibility index (Phi) is 10.4. The lowest BCUT2D eigenvalue weighted by atomic mass is 10.2. The van der Waals surface area contributed by atoms with Gasteiger partial charge in [0.15, 0.2) is 5.96 Å². The first-order valence-corrected chi connectivity index (χ1v) is 10.2. The zero-order chi connectivity index (χ0) is 20.0. The molecule has 2 rings (SSSR count). The molecule has 0 aliphatic carbocycles. The van der Waals surface area contributed by atoms with Gasteiger partial charge in [-0.05, 0) is 37.8 Å². The number of nitrogens with one attached hydrogen (secondary N) is 2. The highest BCUT2D eigenvalue weighted by molar-refractivity contribution is 5.95. The van der Waals surface area contributed by atoms with Crippen LogP contribution in [-0.4, -0.2) is 65.0 Å². The van der Waals surface area contributed by atoms with Crippen molar-refractivity contribution in [2.45, 2.75) is 32.6 Å². The summed E-state index contributed by atoms with van der Waals surface area (Å²) in [5, 5.41) is 6.53. The van der Waals surface area contributed by atoms with Gasteiger partial charge in [0.2, 0.25) is 5.91 Å². The average molecular weight is 391 g/mol. The molecule has 0 fully saturated rings. The number of nitrogens with zero attached hydrogens (tertiary/aromatic N) is 2. The second-order valence-corrected chi connectivity index (χ2v) is 6.67. The van der Waals surface area contributed by atoms with Crippen molar-refractivity contribution >= 4 is 17.6 Å². The summed E-state index contributed by atoms with van der Waals surface area (Å²) in [6.45, 7) is 7.00. The van der Waals surface area contributed by atoms with Gasteiger partial charge in [0.05, 0.1) is 13.2 Å². The third kappa shape index (κ3) is 7.48. The van der Waals surface area contributed by atoms with E-state index in [1.54, 1.807) is 7.11 Å². The van der Waals surface area contributed by atoms with Gasteiger partial charge in [-0.1, -0.05) is 18.2 Å².